The average molecular weight is 416 g/mol. The molecule has 3 rings (SSSR count). The Hall–Kier alpha value is -4.06. The minimum atomic E-state index is -0.555. The number of benzene rings is 3. The molecule has 0 aliphatic heterocycles. The third-order valence-corrected chi connectivity index (χ3v) is 4.62. The second kappa shape index (κ2) is 9.63. The molecule has 6 heteroatoms. The highest BCUT2D eigenvalue weighted by molar-refractivity contribution is 6.28. The molecule has 0 bridgehead atoms. The summed E-state index contributed by atoms with van der Waals surface area (Å²) in [7, 11) is 1.43. The first-order valence-corrected chi connectivity index (χ1v) is 9.70. The van der Waals surface area contributed by atoms with Crippen molar-refractivity contribution in [1.82, 2.24) is 0 Å². The van der Waals surface area contributed by atoms with E-state index in [1.165, 1.54) is 19.3 Å². The summed E-state index contributed by atoms with van der Waals surface area (Å²) in [4.78, 5) is 26.0. The number of phenolic OH excluding ortho intramolecular Hbond substituents is 1. The van der Waals surface area contributed by atoms with Gasteiger partial charge in [0.15, 0.2) is 11.5 Å². The van der Waals surface area contributed by atoms with Crippen LogP contribution in [0.4, 0.5) is 11.4 Å². The number of rotatable bonds is 6. The van der Waals surface area contributed by atoms with Gasteiger partial charge in [-0.2, -0.15) is 0 Å². The van der Waals surface area contributed by atoms with Gasteiger partial charge in [-0.3, -0.25) is 9.59 Å². The van der Waals surface area contributed by atoms with E-state index in [1.807, 2.05) is 38.1 Å². The first-order chi connectivity index (χ1) is 14.9. The van der Waals surface area contributed by atoms with Crippen LogP contribution in [0.15, 0.2) is 72.3 Å². The zero-order chi connectivity index (χ0) is 22.4. The van der Waals surface area contributed by atoms with Crippen LogP contribution in [-0.2, 0) is 9.59 Å². The van der Waals surface area contributed by atoms with E-state index in [2.05, 4.69) is 10.6 Å². The number of anilines is 2. The van der Waals surface area contributed by atoms with Crippen molar-refractivity contribution >= 4 is 29.3 Å². The van der Waals surface area contributed by atoms with Crippen LogP contribution < -0.4 is 15.4 Å². The molecule has 3 aromatic rings. The molecule has 2 amide bonds. The van der Waals surface area contributed by atoms with Crippen LogP contribution in [-0.4, -0.2) is 24.0 Å². The molecule has 158 valence electrons. The third kappa shape index (κ3) is 5.73. The van der Waals surface area contributed by atoms with Gasteiger partial charge in [-0.1, -0.05) is 41.5 Å². The van der Waals surface area contributed by atoms with Crippen LogP contribution in [0, 0.1) is 13.8 Å². The fourth-order valence-electron chi connectivity index (χ4n) is 2.86. The molecule has 0 unspecified atom stereocenters. The largest absolute Gasteiger partial charge is 0.504 e. The molecule has 31 heavy (non-hydrogen) atoms. The molecule has 0 heterocycles. The molecule has 0 spiro atoms. The zero-order valence-electron chi connectivity index (χ0n) is 17.6. The van der Waals surface area contributed by atoms with Gasteiger partial charge in [-0.15, -0.1) is 0 Å². The van der Waals surface area contributed by atoms with Crippen LogP contribution in [0.5, 0.6) is 11.5 Å². The Morgan fingerprint density at radius 1 is 0.806 bits per heavy atom. The first-order valence-electron chi connectivity index (χ1n) is 9.70. The molecule has 0 atom stereocenters. The molecule has 0 saturated heterocycles. The lowest BCUT2D eigenvalue weighted by Crippen LogP contribution is -2.25. The van der Waals surface area contributed by atoms with Crippen LogP contribution >= 0.6 is 0 Å². The first kappa shape index (κ1) is 21.6. The lowest BCUT2D eigenvalue weighted by Gasteiger charge is -2.11. The topological polar surface area (TPSA) is 87.7 Å². The van der Waals surface area contributed by atoms with Crippen molar-refractivity contribution < 1.29 is 19.4 Å². The van der Waals surface area contributed by atoms with E-state index in [0.29, 0.717) is 16.9 Å². The van der Waals surface area contributed by atoms with Crippen molar-refractivity contribution in [2.24, 2.45) is 0 Å². The minimum absolute atomic E-state index is 0.0330. The van der Waals surface area contributed by atoms with Gasteiger partial charge >= 0.3 is 0 Å². The number of ether oxygens (including phenoxy) is 1. The maximum absolute atomic E-state index is 13.0. The van der Waals surface area contributed by atoms with Gasteiger partial charge < -0.3 is 20.5 Å². The molecule has 0 aliphatic rings. The van der Waals surface area contributed by atoms with Gasteiger partial charge in [0.05, 0.1) is 7.11 Å². The van der Waals surface area contributed by atoms with Crippen LogP contribution in [0.3, 0.4) is 0 Å². The number of aromatic hydroxyl groups is 1. The van der Waals surface area contributed by atoms with Crippen LogP contribution in [0.1, 0.15) is 16.7 Å². The molecular formula is C25H24N2O4. The number of carbonyl (C=O) groups excluding carboxylic acids is 2. The average Bonchev–Trinajstić information content (AvgIpc) is 2.76. The quantitative estimate of drug-likeness (QED) is 0.309. The van der Waals surface area contributed by atoms with E-state index in [4.69, 9.17) is 4.74 Å². The number of carbonyl (C=O) groups is 2. The minimum Gasteiger partial charge on any atom is -0.504 e. The molecule has 0 radical (unpaired) electrons. The Morgan fingerprint density at radius 3 is 1.74 bits per heavy atom. The number of amides is 2. The maximum Gasteiger partial charge on any atom is 0.261 e. The van der Waals surface area contributed by atoms with Crippen molar-refractivity contribution in [2.45, 2.75) is 13.8 Å². The number of hydrogen-bond acceptors (Lipinski definition) is 4. The Balaban J connectivity index is 1.93. The smallest absolute Gasteiger partial charge is 0.261 e. The number of methoxy groups -OCH3 is 1. The summed E-state index contributed by atoms with van der Waals surface area (Å²) >= 11 is 0. The summed E-state index contributed by atoms with van der Waals surface area (Å²) in [5, 5.41) is 15.3. The fraction of sp³-hybridized carbons (Fsp3) is 0.120. The van der Waals surface area contributed by atoms with E-state index < -0.39 is 11.8 Å². The monoisotopic (exact) mass is 416 g/mol. The number of hydrogen-bond donors (Lipinski definition) is 3. The van der Waals surface area contributed by atoms with E-state index in [9.17, 15) is 14.7 Å². The molecule has 0 saturated carbocycles. The molecule has 0 fully saturated rings. The summed E-state index contributed by atoms with van der Waals surface area (Å²) in [5.74, 6) is -0.901. The molecule has 6 nitrogen and oxygen atoms in total. The number of aryl methyl sites for hydroxylation is 2. The van der Waals surface area contributed by atoms with Gasteiger partial charge in [0.2, 0.25) is 0 Å². The molecule has 3 aromatic carbocycles. The molecule has 0 aromatic heterocycles. The SMILES string of the molecule is COc1cc(C=C(C(=O)Nc2ccc(C)cc2)C(=O)Nc2ccc(C)cc2)ccc1O. The lowest BCUT2D eigenvalue weighted by molar-refractivity contribution is -0.118. The fourth-order valence-corrected chi connectivity index (χ4v) is 2.86. The van der Waals surface area contributed by atoms with Crippen molar-refractivity contribution in [3.05, 3.63) is 89.0 Å². The van der Waals surface area contributed by atoms with Gasteiger partial charge in [-0.05, 0) is 61.9 Å². The van der Waals surface area contributed by atoms with Crippen molar-refractivity contribution in [2.75, 3.05) is 17.7 Å². The van der Waals surface area contributed by atoms with Gasteiger partial charge in [0, 0.05) is 11.4 Å². The van der Waals surface area contributed by atoms with Crippen molar-refractivity contribution in [3.63, 3.8) is 0 Å². The summed E-state index contributed by atoms with van der Waals surface area (Å²) in [6.07, 6.45) is 1.45. The van der Waals surface area contributed by atoms with Crippen LogP contribution in [0.25, 0.3) is 6.08 Å². The highest BCUT2D eigenvalue weighted by Crippen LogP contribution is 2.27. The molecule has 0 aliphatic carbocycles. The van der Waals surface area contributed by atoms with Crippen LogP contribution in [0.2, 0.25) is 0 Å². The Kier molecular flexibility index (Phi) is 6.72. The van der Waals surface area contributed by atoms with E-state index in [0.717, 1.165) is 11.1 Å². The van der Waals surface area contributed by atoms with Crippen molar-refractivity contribution in [1.29, 1.82) is 0 Å². The predicted octanol–water partition coefficient (Wildman–Crippen LogP) is 4.68. The van der Waals surface area contributed by atoms with Crippen molar-refractivity contribution in [3.8, 4) is 11.5 Å². The van der Waals surface area contributed by atoms with Gasteiger partial charge in [0.25, 0.3) is 11.8 Å². The van der Waals surface area contributed by atoms with E-state index in [-0.39, 0.29) is 17.1 Å². The summed E-state index contributed by atoms with van der Waals surface area (Å²) in [6.45, 7) is 3.90. The molecule has 3 N–H and O–H groups in total. The second-order valence-corrected chi connectivity index (χ2v) is 7.13. The standard InChI is InChI=1S/C25H24N2O4/c1-16-4-9-19(10-5-16)26-24(29)21(14-18-8-13-22(28)23(15-18)31-3)25(30)27-20-11-6-17(2)7-12-20/h4-15,28H,1-3H3,(H,26,29)(H,27,30). The predicted molar refractivity (Wildman–Crippen MR) is 122 cm³/mol. The van der Waals surface area contributed by atoms with E-state index in [1.54, 1.807) is 36.4 Å². The normalized spacial score (nSPS) is 10.2. The Bertz CT molecular complexity index is 1060. The summed E-state index contributed by atoms with van der Waals surface area (Å²) in [6, 6.07) is 19.2. The summed E-state index contributed by atoms with van der Waals surface area (Å²) < 4.78 is 5.12. The molecular weight excluding hydrogens is 392 g/mol. The second-order valence-electron chi connectivity index (χ2n) is 7.13. The number of nitrogens with one attached hydrogen (secondary N) is 2. The van der Waals surface area contributed by atoms with Gasteiger partial charge in [0.1, 0.15) is 5.57 Å². The summed E-state index contributed by atoms with van der Waals surface area (Å²) in [5.41, 5.74) is 3.71. The Labute approximate surface area is 181 Å². The highest BCUT2D eigenvalue weighted by Gasteiger charge is 2.19. The zero-order valence-corrected chi connectivity index (χ0v) is 17.6. The maximum atomic E-state index is 13.0. The van der Waals surface area contributed by atoms with Gasteiger partial charge in [-0.25, -0.2) is 0 Å². The number of phenols is 1. The Morgan fingerprint density at radius 2 is 1.29 bits per heavy atom. The lowest BCUT2D eigenvalue weighted by atomic mass is 10.1. The third-order valence-electron chi connectivity index (χ3n) is 4.62. The highest BCUT2D eigenvalue weighted by atomic mass is 16.5. The van der Waals surface area contributed by atoms with E-state index >= 15 is 0 Å².